The van der Waals surface area contributed by atoms with Gasteiger partial charge in [-0.2, -0.15) is 0 Å². The number of ether oxygens (including phenoxy) is 1. The third-order valence-electron chi connectivity index (χ3n) is 8.10. The number of carbonyl (C=O) groups excluding carboxylic acids is 3. The number of fused-ring (bicyclic) bond motifs is 1. The summed E-state index contributed by atoms with van der Waals surface area (Å²) in [5.74, 6) is -1.94. The fourth-order valence-electron chi connectivity index (χ4n) is 6.43. The summed E-state index contributed by atoms with van der Waals surface area (Å²) in [6.07, 6.45) is 5.65. The Bertz CT molecular complexity index is 1030. The summed E-state index contributed by atoms with van der Waals surface area (Å²) >= 11 is 1.62. The van der Waals surface area contributed by atoms with E-state index in [9.17, 15) is 19.5 Å². The van der Waals surface area contributed by atoms with Crippen molar-refractivity contribution in [3.8, 4) is 0 Å². The molecule has 3 saturated heterocycles. The molecule has 7 nitrogen and oxygen atoms in total. The number of rotatable bonds is 12. The first-order chi connectivity index (χ1) is 17.8. The quantitative estimate of drug-likeness (QED) is 0.255. The highest BCUT2D eigenvalue weighted by Gasteiger charge is 2.77. The molecule has 3 aliphatic heterocycles. The Balaban J connectivity index is 1.70. The minimum absolute atomic E-state index is 0.0495. The number of amides is 2. The lowest BCUT2D eigenvalue weighted by molar-refractivity contribution is -0.155. The second-order valence-electron chi connectivity index (χ2n) is 10.4. The van der Waals surface area contributed by atoms with Crippen LogP contribution in [0, 0.1) is 17.8 Å². The maximum atomic E-state index is 14.4. The molecule has 1 spiro atoms. The van der Waals surface area contributed by atoms with Crippen LogP contribution >= 0.6 is 11.8 Å². The van der Waals surface area contributed by atoms with Crippen molar-refractivity contribution < 1.29 is 24.2 Å². The van der Waals surface area contributed by atoms with Crippen molar-refractivity contribution in [3.63, 3.8) is 0 Å². The van der Waals surface area contributed by atoms with Crippen LogP contribution in [0.4, 0.5) is 0 Å². The first-order valence-corrected chi connectivity index (χ1v) is 14.0. The number of allylic oxidation sites excluding steroid dienone is 1. The second-order valence-corrected chi connectivity index (χ2v) is 12.0. The van der Waals surface area contributed by atoms with E-state index in [1.807, 2.05) is 30.3 Å². The lowest BCUT2D eigenvalue weighted by atomic mass is 9.66. The minimum Gasteiger partial charge on any atom is -0.465 e. The number of hydrogen-bond acceptors (Lipinski definition) is 6. The van der Waals surface area contributed by atoms with Crippen LogP contribution in [0.2, 0.25) is 0 Å². The zero-order valence-corrected chi connectivity index (χ0v) is 22.6. The standard InChI is InChI=1S/C29H38N2O5S/c1-5-7-11-15-36-28(35)23-22-16-19(3)29(37-22)24(23)26(33)31(20(4)18-32)25(29)27(34)30(14-6-2)17-21-12-9-8-10-13-21/h5-6,8-10,12-13,19-20,22-25,32H,1-2,7,11,14-18H2,3-4H3/t19?,20-,22+,23-,24+,25?,29?/m1/s1. The van der Waals surface area contributed by atoms with Gasteiger partial charge >= 0.3 is 5.97 Å². The van der Waals surface area contributed by atoms with Crippen LogP contribution in [0.15, 0.2) is 55.6 Å². The van der Waals surface area contributed by atoms with Crippen LogP contribution in [0.25, 0.3) is 0 Å². The van der Waals surface area contributed by atoms with Crippen LogP contribution in [-0.2, 0) is 25.7 Å². The van der Waals surface area contributed by atoms with Gasteiger partial charge in [-0.3, -0.25) is 14.4 Å². The van der Waals surface area contributed by atoms with Crippen molar-refractivity contribution in [3.05, 3.63) is 61.2 Å². The largest absolute Gasteiger partial charge is 0.465 e. The molecule has 0 aromatic heterocycles. The number of aliphatic hydroxyl groups excluding tert-OH is 1. The van der Waals surface area contributed by atoms with Crippen molar-refractivity contribution in [2.24, 2.45) is 17.8 Å². The summed E-state index contributed by atoms with van der Waals surface area (Å²) < 4.78 is 4.88. The Morgan fingerprint density at radius 2 is 2.03 bits per heavy atom. The average molecular weight is 527 g/mol. The van der Waals surface area contributed by atoms with E-state index in [0.29, 0.717) is 19.5 Å². The van der Waals surface area contributed by atoms with Crippen LogP contribution in [0.3, 0.4) is 0 Å². The molecule has 37 heavy (non-hydrogen) atoms. The molecular formula is C29H38N2O5S. The van der Waals surface area contributed by atoms with E-state index in [2.05, 4.69) is 20.1 Å². The van der Waals surface area contributed by atoms with Crippen molar-refractivity contribution in [1.29, 1.82) is 0 Å². The Labute approximate surface area is 223 Å². The fourth-order valence-corrected chi connectivity index (χ4v) is 8.82. The van der Waals surface area contributed by atoms with Gasteiger partial charge in [-0.1, -0.05) is 49.4 Å². The Morgan fingerprint density at radius 3 is 2.68 bits per heavy atom. The molecule has 0 aliphatic carbocycles. The molecule has 2 amide bonds. The van der Waals surface area contributed by atoms with Gasteiger partial charge in [-0.15, -0.1) is 24.9 Å². The Kier molecular flexibility index (Phi) is 8.49. The number of esters is 1. The third kappa shape index (κ3) is 4.74. The van der Waals surface area contributed by atoms with Crippen molar-refractivity contribution in [2.45, 2.75) is 61.7 Å². The molecule has 1 aromatic rings. The molecule has 3 aliphatic rings. The molecule has 3 fully saturated rings. The minimum atomic E-state index is -0.778. The number of carbonyl (C=O) groups is 3. The molecule has 0 saturated carbocycles. The van der Waals surface area contributed by atoms with Crippen molar-refractivity contribution in [1.82, 2.24) is 9.80 Å². The highest BCUT2D eigenvalue weighted by molar-refractivity contribution is 8.02. The number of likely N-dealkylation sites (tertiary alicyclic amines) is 1. The average Bonchev–Trinajstić information content (AvgIpc) is 3.49. The van der Waals surface area contributed by atoms with Gasteiger partial charge in [0.05, 0.1) is 35.8 Å². The summed E-state index contributed by atoms with van der Waals surface area (Å²) in [5, 5.41) is 10.0. The highest BCUT2D eigenvalue weighted by Crippen LogP contribution is 2.69. The summed E-state index contributed by atoms with van der Waals surface area (Å²) in [4.78, 5) is 45.0. The summed E-state index contributed by atoms with van der Waals surface area (Å²) in [6, 6.07) is 8.40. The molecule has 1 N–H and O–H groups in total. The predicted molar refractivity (Wildman–Crippen MR) is 144 cm³/mol. The van der Waals surface area contributed by atoms with Gasteiger partial charge in [0.25, 0.3) is 0 Å². The lowest BCUT2D eigenvalue weighted by Gasteiger charge is -2.41. The normalized spacial score (nSPS) is 30.6. The first kappa shape index (κ1) is 27.5. The zero-order valence-electron chi connectivity index (χ0n) is 21.8. The van der Waals surface area contributed by atoms with Crippen LogP contribution in [0.5, 0.6) is 0 Å². The van der Waals surface area contributed by atoms with E-state index in [1.165, 1.54) is 0 Å². The van der Waals surface area contributed by atoms with Gasteiger partial charge in [0, 0.05) is 18.3 Å². The maximum absolute atomic E-state index is 14.4. The van der Waals surface area contributed by atoms with E-state index in [1.54, 1.807) is 40.6 Å². The molecule has 0 radical (unpaired) electrons. The lowest BCUT2D eigenvalue weighted by Crippen LogP contribution is -2.58. The van der Waals surface area contributed by atoms with Crippen molar-refractivity contribution in [2.75, 3.05) is 19.8 Å². The predicted octanol–water partition coefficient (Wildman–Crippen LogP) is 3.43. The van der Waals surface area contributed by atoms with Crippen LogP contribution in [0.1, 0.15) is 38.7 Å². The molecule has 200 valence electrons. The number of thioether (sulfide) groups is 1. The smallest absolute Gasteiger partial charge is 0.310 e. The fraction of sp³-hybridized carbons (Fsp3) is 0.552. The van der Waals surface area contributed by atoms with Gasteiger partial charge in [0.1, 0.15) is 6.04 Å². The van der Waals surface area contributed by atoms with Gasteiger partial charge < -0.3 is 19.6 Å². The molecular weight excluding hydrogens is 488 g/mol. The Morgan fingerprint density at radius 1 is 1.30 bits per heavy atom. The van der Waals surface area contributed by atoms with E-state index < -0.39 is 28.7 Å². The van der Waals surface area contributed by atoms with Crippen molar-refractivity contribution >= 4 is 29.5 Å². The number of benzene rings is 1. The van der Waals surface area contributed by atoms with Gasteiger partial charge in [-0.25, -0.2) is 0 Å². The zero-order chi connectivity index (χ0) is 26.7. The summed E-state index contributed by atoms with van der Waals surface area (Å²) in [5.41, 5.74) is 0.982. The van der Waals surface area contributed by atoms with Gasteiger partial charge in [0.15, 0.2) is 0 Å². The molecule has 1 aromatic carbocycles. The second kappa shape index (κ2) is 11.4. The number of unbranched alkanes of at least 4 members (excludes halogenated alkanes) is 1. The third-order valence-corrected chi connectivity index (χ3v) is 10.2. The molecule has 2 bridgehead atoms. The first-order valence-electron chi connectivity index (χ1n) is 13.1. The number of aliphatic hydroxyl groups is 1. The topological polar surface area (TPSA) is 87.2 Å². The monoisotopic (exact) mass is 526 g/mol. The molecule has 3 heterocycles. The van der Waals surface area contributed by atoms with E-state index in [-0.39, 0.29) is 42.2 Å². The summed E-state index contributed by atoms with van der Waals surface area (Å²) in [7, 11) is 0. The molecule has 3 unspecified atom stereocenters. The van der Waals surface area contributed by atoms with Crippen LogP contribution < -0.4 is 0 Å². The van der Waals surface area contributed by atoms with E-state index in [0.717, 1.165) is 18.4 Å². The maximum Gasteiger partial charge on any atom is 0.310 e. The van der Waals surface area contributed by atoms with E-state index in [4.69, 9.17) is 4.74 Å². The van der Waals surface area contributed by atoms with E-state index >= 15 is 0 Å². The van der Waals surface area contributed by atoms with Gasteiger partial charge in [-0.05, 0) is 37.7 Å². The molecule has 4 rings (SSSR count). The Hall–Kier alpha value is -2.58. The highest BCUT2D eigenvalue weighted by atomic mass is 32.2. The molecule has 8 heteroatoms. The SMILES string of the molecule is C=CCCCOC(=O)[C@@H]1[C@@H]2CC(C)C3(S2)C(C(=O)N(CC=C)Cc2ccccc2)N([C@H](C)CO)C(=O)[C@H]13. The van der Waals surface area contributed by atoms with Gasteiger partial charge in [0.2, 0.25) is 11.8 Å². The summed E-state index contributed by atoms with van der Waals surface area (Å²) in [6.45, 7) is 12.1. The number of nitrogens with zero attached hydrogens (tertiary/aromatic N) is 2. The number of hydrogen-bond donors (Lipinski definition) is 1. The molecule has 7 atom stereocenters. The van der Waals surface area contributed by atoms with Crippen LogP contribution in [-0.4, -0.2) is 74.5 Å².